The maximum Gasteiger partial charge on any atom is 0.00952 e. The highest BCUT2D eigenvalue weighted by molar-refractivity contribution is 7.99. The normalized spacial score (nSPS) is 42.0. The highest BCUT2D eigenvalue weighted by Gasteiger charge is 2.28. The molecule has 0 spiro atoms. The summed E-state index contributed by atoms with van der Waals surface area (Å²) in [4.78, 5) is 0. The number of hydrogen-bond donors (Lipinski definition) is 1. The Labute approximate surface area is 98.8 Å². The molecular weight excluding hydrogens is 202 g/mol. The van der Waals surface area contributed by atoms with Gasteiger partial charge in [-0.1, -0.05) is 19.8 Å². The minimum Gasteiger partial charge on any atom is -0.311 e. The van der Waals surface area contributed by atoms with Gasteiger partial charge < -0.3 is 5.32 Å². The van der Waals surface area contributed by atoms with Gasteiger partial charge in [0.2, 0.25) is 0 Å². The lowest BCUT2D eigenvalue weighted by Gasteiger charge is -2.32. The van der Waals surface area contributed by atoms with E-state index in [0.29, 0.717) is 0 Å². The van der Waals surface area contributed by atoms with Crippen molar-refractivity contribution in [3.8, 4) is 0 Å². The van der Waals surface area contributed by atoms with E-state index >= 15 is 0 Å². The van der Waals surface area contributed by atoms with Gasteiger partial charge in [-0.25, -0.2) is 0 Å². The number of nitrogens with one attached hydrogen (secondary N) is 1. The third kappa shape index (κ3) is 3.13. The summed E-state index contributed by atoms with van der Waals surface area (Å²) in [5, 5.41) is 4.84. The fourth-order valence-electron chi connectivity index (χ4n) is 3.21. The van der Waals surface area contributed by atoms with Gasteiger partial charge in [-0.2, -0.15) is 11.8 Å². The molecule has 0 aromatic rings. The standard InChI is InChI=1S/C13H25NS/c1-10-5-3-8-13(10)14-11-6-4-7-12(9-11)15-2/h10-14H,3-9H2,1-2H3. The zero-order valence-corrected chi connectivity index (χ0v) is 11.0. The topological polar surface area (TPSA) is 12.0 Å². The molecule has 0 saturated heterocycles. The van der Waals surface area contributed by atoms with Gasteiger partial charge >= 0.3 is 0 Å². The van der Waals surface area contributed by atoms with Crippen molar-refractivity contribution >= 4 is 11.8 Å². The smallest absolute Gasteiger partial charge is 0.00952 e. The van der Waals surface area contributed by atoms with Gasteiger partial charge in [0, 0.05) is 17.3 Å². The van der Waals surface area contributed by atoms with Gasteiger partial charge in [0.05, 0.1) is 0 Å². The second kappa shape index (κ2) is 5.58. The molecule has 1 nitrogen and oxygen atoms in total. The Bertz CT molecular complexity index is 195. The summed E-state index contributed by atoms with van der Waals surface area (Å²) in [5.41, 5.74) is 0. The first-order valence-corrected chi connectivity index (χ1v) is 7.87. The molecule has 2 fully saturated rings. The second-order valence-electron chi connectivity index (χ2n) is 5.40. The lowest BCUT2D eigenvalue weighted by atomic mass is 9.93. The molecule has 0 bridgehead atoms. The molecule has 1 N–H and O–H groups in total. The maximum absolute atomic E-state index is 3.92. The minimum atomic E-state index is 0.821. The first-order valence-electron chi connectivity index (χ1n) is 6.58. The molecule has 88 valence electrons. The Hall–Kier alpha value is 0.310. The van der Waals surface area contributed by atoms with Crippen LogP contribution in [0.3, 0.4) is 0 Å². The van der Waals surface area contributed by atoms with Crippen LogP contribution in [0, 0.1) is 5.92 Å². The Balaban J connectivity index is 1.78. The zero-order chi connectivity index (χ0) is 10.7. The largest absolute Gasteiger partial charge is 0.311 e. The van der Waals surface area contributed by atoms with Crippen LogP contribution in [0.5, 0.6) is 0 Å². The van der Waals surface area contributed by atoms with Crippen molar-refractivity contribution in [2.75, 3.05) is 6.26 Å². The van der Waals surface area contributed by atoms with Crippen molar-refractivity contribution in [3.63, 3.8) is 0 Å². The lowest BCUT2D eigenvalue weighted by Crippen LogP contribution is -2.42. The van der Waals surface area contributed by atoms with Gasteiger partial charge in [-0.3, -0.25) is 0 Å². The number of rotatable bonds is 3. The van der Waals surface area contributed by atoms with Gasteiger partial charge in [0.15, 0.2) is 0 Å². The molecule has 2 aliphatic carbocycles. The summed E-state index contributed by atoms with van der Waals surface area (Å²) in [6.07, 6.45) is 12.3. The van der Waals surface area contributed by atoms with Crippen LogP contribution in [0.1, 0.15) is 51.9 Å². The summed E-state index contributed by atoms with van der Waals surface area (Å²) >= 11 is 2.07. The molecule has 2 saturated carbocycles. The maximum atomic E-state index is 3.92. The highest BCUT2D eigenvalue weighted by atomic mass is 32.2. The third-order valence-corrected chi connectivity index (χ3v) is 5.37. The first-order chi connectivity index (χ1) is 7.29. The monoisotopic (exact) mass is 227 g/mol. The fourth-order valence-corrected chi connectivity index (χ4v) is 4.03. The molecule has 0 amide bonds. The fraction of sp³-hybridized carbons (Fsp3) is 1.00. The van der Waals surface area contributed by atoms with E-state index < -0.39 is 0 Å². The van der Waals surface area contributed by atoms with E-state index in [9.17, 15) is 0 Å². The predicted molar refractivity (Wildman–Crippen MR) is 69.5 cm³/mol. The van der Waals surface area contributed by atoms with E-state index in [0.717, 1.165) is 23.3 Å². The van der Waals surface area contributed by atoms with Gasteiger partial charge in [-0.15, -0.1) is 0 Å². The highest BCUT2D eigenvalue weighted by Crippen LogP contribution is 2.30. The van der Waals surface area contributed by atoms with Gasteiger partial charge in [-0.05, 0) is 44.3 Å². The SMILES string of the molecule is CSC1CCCC(NC2CCCC2C)C1. The first kappa shape index (κ1) is 11.8. The minimum absolute atomic E-state index is 0.821. The Morgan fingerprint density at radius 1 is 1.07 bits per heavy atom. The van der Waals surface area contributed by atoms with Crippen LogP contribution in [0.4, 0.5) is 0 Å². The molecule has 4 unspecified atom stereocenters. The Morgan fingerprint density at radius 2 is 1.87 bits per heavy atom. The van der Waals surface area contributed by atoms with E-state index in [1.54, 1.807) is 0 Å². The summed E-state index contributed by atoms with van der Waals surface area (Å²) in [6.45, 7) is 2.42. The molecule has 4 atom stereocenters. The molecule has 0 radical (unpaired) electrons. The van der Waals surface area contributed by atoms with E-state index in [4.69, 9.17) is 0 Å². The zero-order valence-electron chi connectivity index (χ0n) is 10.2. The molecule has 0 heterocycles. The molecular formula is C13H25NS. The predicted octanol–water partition coefficient (Wildman–Crippen LogP) is 3.44. The summed E-state index contributed by atoms with van der Waals surface area (Å²) < 4.78 is 0. The molecule has 2 rings (SSSR count). The molecule has 0 aromatic carbocycles. The number of hydrogen-bond acceptors (Lipinski definition) is 2. The average Bonchev–Trinajstić information content (AvgIpc) is 2.65. The van der Waals surface area contributed by atoms with Crippen LogP contribution >= 0.6 is 11.8 Å². The van der Waals surface area contributed by atoms with E-state index in [1.165, 1.54) is 44.9 Å². The van der Waals surface area contributed by atoms with E-state index in [2.05, 4.69) is 30.3 Å². The van der Waals surface area contributed by atoms with E-state index in [-0.39, 0.29) is 0 Å². The third-order valence-electron chi connectivity index (χ3n) is 4.27. The van der Waals surface area contributed by atoms with Crippen LogP contribution in [0.2, 0.25) is 0 Å². The second-order valence-corrected chi connectivity index (χ2v) is 6.54. The van der Waals surface area contributed by atoms with Crippen molar-refractivity contribution in [3.05, 3.63) is 0 Å². The van der Waals surface area contributed by atoms with Crippen molar-refractivity contribution < 1.29 is 0 Å². The van der Waals surface area contributed by atoms with Crippen molar-refractivity contribution in [1.29, 1.82) is 0 Å². The van der Waals surface area contributed by atoms with Crippen molar-refractivity contribution in [2.45, 2.75) is 69.2 Å². The van der Waals surface area contributed by atoms with Crippen LogP contribution in [0.15, 0.2) is 0 Å². The van der Waals surface area contributed by atoms with Crippen LogP contribution in [-0.4, -0.2) is 23.6 Å². The van der Waals surface area contributed by atoms with Gasteiger partial charge in [0.25, 0.3) is 0 Å². The lowest BCUT2D eigenvalue weighted by molar-refractivity contribution is 0.313. The summed E-state index contributed by atoms with van der Waals surface area (Å²) in [7, 11) is 0. The molecule has 2 heteroatoms. The van der Waals surface area contributed by atoms with E-state index in [1.807, 2.05) is 0 Å². The number of thioether (sulfide) groups is 1. The summed E-state index contributed by atoms with van der Waals surface area (Å²) in [6, 6.07) is 1.65. The molecule has 15 heavy (non-hydrogen) atoms. The van der Waals surface area contributed by atoms with Gasteiger partial charge in [0.1, 0.15) is 0 Å². The molecule has 0 aliphatic heterocycles. The Morgan fingerprint density at radius 3 is 2.53 bits per heavy atom. The quantitative estimate of drug-likeness (QED) is 0.792. The molecule has 2 aliphatic rings. The Kier molecular flexibility index (Phi) is 4.39. The van der Waals surface area contributed by atoms with Crippen LogP contribution in [-0.2, 0) is 0 Å². The van der Waals surface area contributed by atoms with Crippen LogP contribution in [0.25, 0.3) is 0 Å². The average molecular weight is 227 g/mol. The van der Waals surface area contributed by atoms with Crippen molar-refractivity contribution in [1.82, 2.24) is 5.32 Å². The molecule has 0 aromatic heterocycles. The van der Waals surface area contributed by atoms with Crippen molar-refractivity contribution in [2.24, 2.45) is 5.92 Å². The van der Waals surface area contributed by atoms with Crippen LogP contribution < -0.4 is 5.32 Å². The summed E-state index contributed by atoms with van der Waals surface area (Å²) in [5.74, 6) is 0.916.